The maximum absolute atomic E-state index is 11.8. The molecule has 3 aromatic rings. The quantitative estimate of drug-likeness (QED) is 0.480. The van der Waals surface area contributed by atoms with E-state index in [1.165, 1.54) is 6.26 Å². The van der Waals surface area contributed by atoms with Crippen LogP contribution in [0, 0.1) is 6.92 Å². The van der Waals surface area contributed by atoms with Crippen molar-refractivity contribution in [1.29, 1.82) is 0 Å². The van der Waals surface area contributed by atoms with Gasteiger partial charge in [-0.3, -0.25) is 4.99 Å². The summed E-state index contributed by atoms with van der Waals surface area (Å²) >= 11 is 0. The molecule has 0 saturated carbocycles. The Morgan fingerprint density at radius 2 is 1.86 bits per heavy atom. The van der Waals surface area contributed by atoms with E-state index in [-0.39, 0.29) is 0 Å². The fourth-order valence-corrected chi connectivity index (χ4v) is 4.08. The van der Waals surface area contributed by atoms with Gasteiger partial charge in [0.25, 0.3) is 0 Å². The Bertz CT molecular complexity index is 1110. The standard InChI is InChI=1S/C21H25N5O2S/c1-16-13-17(9-10-20(16)29(3,27)28)14-23-21(22-2)24-15-18-7-4-5-8-19(18)26-12-6-11-25-26/h4-13H,14-15H2,1-3H3,(H2,22,23,24). The molecule has 0 aliphatic rings. The lowest BCUT2D eigenvalue weighted by Crippen LogP contribution is -2.36. The van der Waals surface area contributed by atoms with E-state index in [1.54, 1.807) is 26.2 Å². The minimum atomic E-state index is -3.21. The third-order valence-corrected chi connectivity index (χ3v) is 5.77. The second-order valence-corrected chi connectivity index (χ2v) is 8.71. The largest absolute Gasteiger partial charge is 0.352 e. The molecule has 0 spiro atoms. The van der Waals surface area contributed by atoms with Crippen LogP contribution in [0.1, 0.15) is 16.7 Å². The van der Waals surface area contributed by atoms with Gasteiger partial charge in [-0.05, 0) is 41.8 Å². The van der Waals surface area contributed by atoms with Crippen LogP contribution in [0.5, 0.6) is 0 Å². The molecule has 1 heterocycles. The van der Waals surface area contributed by atoms with E-state index in [0.717, 1.165) is 22.4 Å². The van der Waals surface area contributed by atoms with Gasteiger partial charge < -0.3 is 10.6 Å². The van der Waals surface area contributed by atoms with Crippen molar-refractivity contribution in [2.24, 2.45) is 4.99 Å². The van der Waals surface area contributed by atoms with Crippen molar-refractivity contribution in [2.45, 2.75) is 24.9 Å². The van der Waals surface area contributed by atoms with Crippen molar-refractivity contribution < 1.29 is 8.42 Å². The summed E-state index contributed by atoms with van der Waals surface area (Å²) in [6.07, 6.45) is 4.89. The first-order valence-electron chi connectivity index (χ1n) is 9.20. The highest BCUT2D eigenvalue weighted by molar-refractivity contribution is 7.90. The molecule has 0 aliphatic carbocycles. The minimum Gasteiger partial charge on any atom is -0.352 e. The van der Waals surface area contributed by atoms with Crippen LogP contribution in [0.3, 0.4) is 0 Å². The second kappa shape index (κ2) is 8.91. The summed E-state index contributed by atoms with van der Waals surface area (Å²) in [4.78, 5) is 4.63. The van der Waals surface area contributed by atoms with Crippen LogP contribution in [0.15, 0.2) is 70.8 Å². The Balaban J connectivity index is 1.64. The van der Waals surface area contributed by atoms with E-state index in [1.807, 2.05) is 53.3 Å². The molecule has 0 radical (unpaired) electrons. The second-order valence-electron chi connectivity index (χ2n) is 6.73. The number of nitrogens with zero attached hydrogens (tertiary/aromatic N) is 3. The summed E-state index contributed by atoms with van der Waals surface area (Å²) in [7, 11) is -1.50. The molecule has 29 heavy (non-hydrogen) atoms. The molecule has 3 rings (SSSR count). The number of aliphatic imine (C=N–C) groups is 1. The third-order valence-electron chi connectivity index (χ3n) is 4.51. The number of benzene rings is 2. The van der Waals surface area contributed by atoms with E-state index in [2.05, 4.69) is 20.7 Å². The number of aromatic nitrogens is 2. The van der Waals surface area contributed by atoms with Crippen LogP contribution in [0.4, 0.5) is 0 Å². The molecule has 0 fully saturated rings. The van der Waals surface area contributed by atoms with Crippen LogP contribution in [-0.2, 0) is 22.9 Å². The molecule has 0 aliphatic heterocycles. The fourth-order valence-electron chi connectivity index (χ4n) is 3.12. The highest BCUT2D eigenvalue weighted by atomic mass is 32.2. The van der Waals surface area contributed by atoms with Gasteiger partial charge in [0.2, 0.25) is 0 Å². The molecule has 0 amide bonds. The van der Waals surface area contributed by atoms with Crippen LogP contribution in [0.25, 0.3) is 5.69 Å². The maximum Gasteiger partial charge on any atom is 0.191 e. The molecule has 0 bridgehead atoms. The van der Waals surface area contributed by atoms with Crippen LogP contribution < -0.4 is 10.6 Å². The molecular formula is C21H25N5O2S. The first-order chi connectivity index (χ1) is 13.9. The monoisotopic (exact) mass is 411 g/mol. The van der Waals surface area contributed by atoms with Gasteiger partial charge in [-0.15, -0.1) is 0 Å². The highest BCUT2D eigenvalue weighted by Crippen LogP contribution is 2.16. The first kappa shape index (κ1) is 20.6. The summed E-state index contributed by atoms with van der Waals surface area (Å²) in [5.74, 6) is 0.658. The van der Waals surface area contributed by atoms with Gasteiger partial charge in [-0.2, -0.15) is 5.10 Å². The van der Waals surface area contributed by atoms with Gasteiger partial charge in [0.1, 0.15) is 0 Å². The van der Waals surface area contributed by atoms with E-state index in [0.29, 0.717) is 23.9 Å². The Hall–Kier alpha value is -3.13. The fraction of sp³-hybridized carbons (Fsp3) is 0.238. The van der Waals surface area contributed by atoms with Crippen molar-refractivity contribution in [3.63, 3.8) is 0 Å². The van der Waals surface area contributed by atoms with Crippen LogP contribution in [0.2, 0.25) is 0 Å². The van der Waals surface area contributed by atoms with Gasteiger partial charge in [-0.25, -0.2) is 13.1 Å². The first-order valence-corrected chi connectivity index (χ1v) is 11.1. The molecule has 152 valence electrons. The van der Waals surface area contributed by atoms with E-state index < -0.39 is 9.84 Å². The zero-order chi connectivity index (χ0) is 20.9. The van der Waals surface area contributed by atoms with Gasteiger partial charge in [0, 0.05) is 38.8 Å². The molecule has 0 saturated heterocycles. The smallest absolute Gasteiger partial charge is 0.191 e. The number of para-hydroxylation sites is 1. The van der Waals surface area contributed by atoms with Crippen molar-refractivity contribution in [2.75, 3.05) is 13.3 Å². The summed E-state index contributed by atoms with van der Waals surface area (Å²) in [6, 6.07) is 15.3. The molecule has 0 atom stereocenters. The van der Waals surface area contributed by atoms with Gasteiger partial charge in [0.15, 0.2) is 15.8 Å². The van der Waals surface area contributed by atoms with Crippen molar-refractivity contribution in [3.05, 3.63) is 77.6 Å². The average Bonchev–Trinajstić information content (AvgIpc) is 3.22. The van der Waals surface area contributed by atoms with E-state index >= 15 is 0 Å². The number of aryl methyl sites for hydroxylation is 1. The zero-order valence-corrected chi connectivity index (χ0v) is 17.6. The summed E-state index contributed by atoms with van der Waals surface area (Å²) in [5, 5.41) is 10.9. The number of nitrogens with one attached hydrogen (secondary N) is 2. The predicted molar refractivity (Wildman–Crippen MR) is 115 cm³/mol. The molecule has 2 N–H and O–H groups in total. The Morgan fingerprint density at radius 3 is 2.52 bits per heavy atom. The number of hydrogen-bond donors (Lipinski definition) is 2. The van der Waals surface area contributed by atoms with Gasteiger partial charge >= 0.3 is 0 Å². The lowest BCUT2D eigenvalue weighted by atomic mass is 10.1. The number of rotatable bonds is 6. The number of hydrogen-bond acceptors (Lipinski definition) is 4. The Morgan fingerprint density at radius 1 is 1.10 bits per heavy atom. The summed E-state index contributed by atoms with van der Waals surface area (Å²) in [5.41, 5.74) is 3.82. The lowest BCUT2D eigenvalue weighted by molar-refractivity contribution is 0.601. The zero-order valence-electron chi connectivity index (χ0n) is 16.8. The van der Waals surface area contributed by atoms with Crippen molar-refractivity contribution in [1.82, 2.24) is 20.4 Å². The molecular weight excluding hydrogens is 386 g/mol. The van der Waals surface area contributed by atoms with E-state index in [4.69, 9.17) is 0 Å². The topological polar surface area (TPSA) is 88.4 Å². The molecule has 8 heteroatoms. The maximum atomic E-state index is 11.8. The molecule has 0 unspecified atom stereocenters. The lowest BCUT2D eigenvalue weighted by Gasteiger charge is -2.15. The van der Waals surface area contributed by atoms with Crippen molar-refractivity contribution in [3.8, 4) is 5.69 Å². The molecule has 2 aromatic carbocycles. The SMILES string of the molecule is CN=C(NCc1ccc(S(C)(=O)=O)c(C)c1)NCc1ccccc1-n1cccn1. The van der Waals surface area contributed by atoms with Gasteiger partial charge in [0.05, 0.1) is 10.6 Å². The van der Waals surface area contributed by atoms with Crippen LogP contribution >= 0.6 is 0 Å². The third kappa shape index (κ3) is 5.23. The summed E-state index contributed by atoms with van der Waals surface area (Å²) in [6.45, 7) is 2.92. The van der Waals surface area contributed by atoms with E-state index in [9.17, 15) is 8.42 Å². The predicted octanol–water partition coefficient (Wildman–Crippen LogP) is 2.45. The van der Waals surface area contributed by atoms with Crippen molar-refractivity contribution >= 4 is 15.8 Å². The highest BCUT2D eigenvalue weighted by Gasteiger charge is 2.11. The average molecular weight is 412 g/mol. The molecule has 1 aromatic heterocycles. The minimum absolute atomic E-state index is 0.360. The normalized spacial score (nSPS) is 12.0. The summed E-state index contributed by atoms with van der Waals surface area (Å²) < 4.78 is 25.4. The number of guanidine groups is 1. The number of sulfone groups is 1. The Kier molecular flexibility index (Phi) is 6.33. The Labute approximate surface area is 171 Å². The van der Waals surface area contributed by atoms with Gasteiger partial charge in [-0.1, -0.05) is 30.3 Å². The molecule has 7 nitrogen and oxygen atoms in total. The van der Waals surface area contributed by atoms with Crippen LogP contribution in [-0.4, -0.2) is 37.5 Å².